The molecule has 18 heavy (non-hydrogen) atoms. The summed E-state index contributed by atoms with van der Waals surface area (Å²) in [4.78, 5) is 15.2. The van der Waals surface area contributed by atoms with Crippen molar-refractivity contribution in [2.24, 2.45) is 5.92 Å². The second kappa shape index (κ2) is 5.02. The predicted molar refractivity (Wildman–Crippen MR) is 72.2 cm³/mol. The fourth-order valence-electron chi connectivity index (χ4n) is 2.82. The van der Waals surface area contributed by atoms with E-state index in [-0.39, 0.29) is 0 Å². The number of hydrogen-bond donors (Lipinski definition) is 1. The zero-order chi connectivity index (χ0) is 12.5. The Morgan fingerprint density at radius 2 is 2.33 bits per heavy atom. The number of carbonyl (C=O) groups is 1. The van der Waals surface area contributed by atoms with E-state index in [0.717, 1.165) is 25.4 Å². The fourth-order valence-corrected chi connectivity index (χ4v) is 3.91. The van der Waals surface area contributed by atoms with Gasteiger partial charge >= 0.3 is 5.97 Å². The van der Waals surface area contributed by atoms with Gasteiger partial charge in [0.1, 0.15) is 4.88 Å². The normalized spacial score (nSPS) is 20.4. The summed E-state index contributed by atoms with van der Waals surface area (Å²) in [6, 6.07) is 1.87. The maximum absolute atomic E-state index is 11.0. The van der Waals surface area contributed by atoms with Gasteiger partial charge in [-0.1, -0.05) is 19.3 Å². The molecule has 1 saturated carbocycles. The van der Waals surface area contributed by atoms with Gasteiger partial charge in [0, 0.05) is 18.0 Å². The smallest absolute Gasteiger partial charge is 0.345 e. The van der Waals surface area contributed by atoms with E-state index in [1.807, 2.05) is 6.07 Å². The van der Waals surface area contributed by atoms with Crippen LogP contribution in [0.25, 0.3) is 0 Å². The van der Waals surface area contributed by atoms with E-state index in [4.69, 9.17) is 5.11 Å². The zero-order valence-electron chi connectivity index (χ0n) is 10.5. The average Bonchev–Trinajstić information content (AvgIpc) is 2.70. The molecule has 1 aliphatic carbocycles. The Balaban J connectivity index is 1.59. The van der Waals surface area contributed by atoms with Gasteiger partial charge in [0.15, 0.2) is 0 Å². The summed E-state index contributed by atoms with van der Waals surface area (Å²) in [7, 11) is 0. The van der Waals surface area contributed by atoms with Crippen LogP contribution < -0.4 is 0 Å². The number of hydrogen-bond acceptors (Lipinski definition) is 3. The number of nitrogens with zero attached hydrogens (tertiary/aromatic N) is 1. The molecule has 1 aromatic heterocycles. The third-order valence-corrected chi connectivity index (χ3v) is 5.40. The van der Waals surface area contributed by atoms with Crippen LogP contribution in [0.3, 0.4) is 0 Å². The molecule has 0 amide bonds. The van der Waals surface area contributed by atoms with Gasteiger partial charge in [0.2, 0.25) is 0 Å². The molecule has 2 heterocycles. The Bertz CT molecular complexity index is 451. The van der Waals surface area contributed by atoms with Crippen LogP contribution in [0, 0.1) is 5.92 Å². The number of thiophene rings is 1. The Labute approximate surface area is 111 Å². The van der Waals surface area contributed by atoms with Gasteiger partial charge in [-0.15, -0.1) is 11.3 Å². The van der Waals surface area contributed by atoms with E-state index < -0.39 is 5.97 Å². The van der Waals surface area contributed by atoms with Crippen LogP contribution in [0.2, 0.25) is 0 Å². The van der Waals surface area contributed by atoms with Crippen LogP contribution in [0.1, 0.15) is 45.8 Å². The highest BCUT2D eigenvalue weighted by molar-refractivity contribution is 7.14. The average molecular weight is 265 g/mol. The van der Waals surface area contributed by atoms with Crippen LogP contribution in [-0.4, -0.2) is 29.1 Å². The first-order valence-corrected chi connectivity index (χ1v) is 7.61. The number of carboxylic acids is 1. The molecule has 1 N–H and O–H groups in total. The summed E-state index contributed by atoms with van der Waals surface area (Å²) in [6.07, 6.45) is 6.60. The van der Waals surface area contributed by atoms with Crippen LogP contribution in [0.15, 0.2) is 6.07 Å². The van der Waals surface area contributed by atoms with E-state index in [1.54, 1.807) is 0 Å². The van der Waals surface area contributed by atoms with Gasteiger partial charge < -0.3 is 5.11 Å². The lowest BCUT2D eigenvalue weighted by atomic mass is 9.83. The van der Waals surface area contributed by atoms with Crippen molar-refractivity contribution >= 4 is 17.3 Å². The van der Waals surface area contributed by atoms with Crippen molar-refractivity contribution < 1.29 is 9.90 Å². The molecule has 0 atom stereocenters. The fraction of sp³-hybridized carbons (Fsp3) is 0.643. The van der Waals surface area contributed by atoms with Gasteiger partial charge in [0.05, 0.1) is 0 Å². The molecule has 4 heteroatoms. The lowest BCUT2D eigenvalue weighted by Crippen LogP contribution is -2.32. The summed E-state index contributed by atoms with van der Waals surface area (Å²) >= 11 is 1.46. The van der Waals surface area contributed by atoms with Crippen molar-refractivity contribution in [1.82, 2.24) is 4.90 Å². The van der Waals surface area contributed by atoms with E-state index >= 15 is 0 Å². The Morgan fingerprint density at radius 1 is 1.50 bits per heavy atom. The van der Waals surface area contributed by atoms with Gasteiger partial charge in [-0.25, -0.2) is 4.79 Å². The summed E-state index contributed by atoms with van der Waals surface area (Å²) in [5.74, 6) is 0.180. The maximum atomic E-state index is 11.0. The molecule has 2 aliphatic rings. The summed E-state index contributed by atoms with van der Waals surface area (Å²) in [5, 5.41) is 9.01. The van der Waals surface area contributed by atoms with Crippen molar-refractivity contribution in [3.05, 3.63) is 21.4 Å². The van der Waals surface area contributed by atoms with Gasteiger partial charge in [-0.05, 0) is 36.9 Å². The molecule has 0 spiro atoms. The molecule has 0 aromatic carbocycles. The van der Waals surface area contributed by atoms with Crippen molar-refractivity contribution in [1.29, 1.82) is 0 Å². The molecule has 3 nitrogen and oxygen atoms in total. The molecule has 1 aromatic rings. The summed E-state index contributed by atoms with van der Waals surface area (Å²) < 4.78 is 0. The van der Waals surface area contributed by atoms with Crippen LogP contribution >= 0.6 is 11.3 Å². The minimum atomic E-state index is -0.782. The highest BCUT2D eigenvalue weighted by Gasteiger charge is 2.23. The molecule has 0 bridgehead atoms. The molecule has 0 unspecified atom stereocenters. The second-order valence-electron chi connectivity index (χ2n) is 5.48. The van der Waals surface area contributed by atoms with Crippen LogP contribution in [-0.2, 0) is 13.0 Å². The minimum absolute atomic E-state index is 0.501. The molecule has 0 saturated heterocycles. The summed E-state index contributed by atoms with van der Waals surface area (Å²) in [5.41, 5.74) is 1.26. The summed E-state index contributed by atoms with van der Waals surface area (Å²) in [6.45, 7) is 3.24. The number of fused-ring (bicyclic) bond motifs is 1. The first-order chi connectivity index (χ1) is 8.72. The standard InChI is InChI=1S/C14H19NO2S/c16-14(17)12-8-11-5-7-15(9-13(11)18-12)6-4-10-2-1-3-10/h8,10H,1-7,9H2,(H,16,17). The van der Waals surface area contributed by atoms with E-state index in [9.17, 15) is 4.79 Å². The first-order valence-electron chi connectivity index (χ1n) is 6.79. The molecule has 3 rings (SSSR count). The number of carboxylic acid groups (broad SMARTS) is 1. The van der Waals surface area contributed by atoms with Crippen molar-refractivity contribution in [2.75, 3.05) is 13.1 Å². The van der Waals surface area contributed by atoms with Crippen molar-refractivity contribution in [3.8, 4) is 0 Å². The van der Waals surface area contributed by atoms with Gasteiger partial charge in [-0.3, -0.25) is 4.90 Å². The zero-order valence-corrected chi connectivity index (χ0v) is 11.3. The third-order valence-electron chi connectivity index (χ3n) is 4.25. The Hall–Kier alpha value is -0.870. The Morgan fingerprint density at radius 3 is 3.00 bits per heavy atom. The van der Waals surface area contributed by atoms with Crippen molar-refractivity contribution in [3.63, 3.8) is 0 Å². The predicted octanol–water partition coefficient (Wildman–Crippen LogP) is 2.99. The lowest BCUT2D eigenvalue weighted by Gasteiger charge is -2.31. The largest absolute Gasteiger partial charge is 0.477 e. The SMILES string of the molecule is O=C(O)c1cc2c(s1)CN(CCC1CCC1)CC2. The highest BCUT2D eigenvalue weighted by atomic mass is 32.1. The highest BCUT2D eigenvalue weighted by Crippen LogP contribution is 2.31. The monoisotopic (exact) mass is 265 g/mol. The van der Waals surface area contributed by atoms with Crippen molar-refractivity contribution in [2.45, 2.75) is 38.6 Å². The van der Waals surface area contributed by atoms with Crippen LogP contribution in [0.5, 0.6) is 0 Å². The topological polar surface area (TPSA) is 40.5 Å². The minimum Gasteiger partial charge on any atom is -0.477 e. The molecule has 0 radical (unpaired) electrons. The van der Waals surface area contributed by atoms with Crippen LogP contribution in [0.4, 0.5) is 0 Å². The van der Waals surface area contributed by atoms with Gasteiger partial charge in [0.25, 0.3) is 0 Å². The van der Waals surface area contributed by atoms with E-state index in [1.165, 1.54) is 54.0 Å². The molecule has 1 aliphatic heterocycles. The molecule has 98 valence electrons. The third kappa shape index (κ3) is 2.45. The second-order valence-corrected chi connectivity index (χ2v) is 6.61. The van der Waals surface area contributed by atoms with Gasteiger partial charge in [-0.2, -0.15) is 0 Å². The number of rotatable bonds is 4. The molecule has 1 fully saturated rings. The quantitative estimate of drug-likeness (QED) is 0.910. The molecular weight excluding hydrogens is 246 g/mol. The first kappa shape index (κ1) is 12.2. The van der Waals surface area contributed by atoms with E-state index in [0.29, 0.717) is 4.88 Å². The molecular formula is C14H19NO2S. The van der Waals surface area contributed by atoms with E-state index in [2.05, 4.69) is 4.90 Å². The maximum Gasteiger partial charge on any atom is 0.345 e. The number of aromatic carboxylic acids is 1. The lowest BCUT2D eigenvalue weighted by molar-refractivity contribution is 0.0702. The Kier molecular flexibility index (Phi) is 3.39.